The number of ether oxygens (including phenoxy) is 2. The lowest BCUT2D eigenvalue weighted by molar-refractivity contribution is -0.122. The molecule has 100 valence electrons. The fourth-order valence-electron chi connectivity index (χ4n) is 1.65. The number of carbonyl (C=O) groups excluding carboxylic acids is 2. The number of benzene rings is 1. The van der Waals surface area contributed by atoms with Crippen LogP contribution in [0.1, 0.15) is 5.56 Å². The van der Waals surface area contributed by atoms with Crippen molar-refractivity contribution in [2.75, 3.05) is 19.8 Å². The van der Waals surface area contributed by atoms with Gasteiger partial charge >= 0.3 is 6.09 Å². The molecule has 2 rings (SSSR count). The number of nitrogens with zero attached hydrogens (tertiary/aromatic N) is 1. The molecule has 0 aromatic heterocycles. The quantitative estimate of drug-likeness (QED) is 0.598. The molecule has 2 amide bonds. The zero-order valence-corrected chi connectivity index (χ0v) is 10.5. The van der Waals surface area contributed by atoms with E-state index in [1.54, 1.807) is 6.08 Å². The summed E-state index contributed by atoms with van der Waals surface area (Å²) in [7, 11) is 0. The van der Waals surface area contributed by atoms with Gasteiger partial charge in [0.1, 0.15) is 6.61 Å². The van der Waals surface area contributed by atoms with Gasteiger partial charge < -0.3 is 9.47 Å². The molecule has 1 fully saturated rings. The van der Waals surface area contributed by atoms with Crippen molar-refractivity contribution in [3.63, 3.8) is 0 Å². The maximum Gasteiger partial charge on any atom is 0.416 e. The molecule has 1 aromatic carbocycles. The van der Waals surface area contributed by atoms with Crippen molar-refractivity contribution in [3.05, 3.63) is 48.0 Å². The molecule has 1 saturated heterocycles. The van der Waals surface area contributed by atoms with Crippen LogP contribution >= 0.6 is 0 Å². The number of rotatable bonds is 5. The average Bonchev–Trinajstić information content (AvgIpc) is 2.86. The van der Waals surface area contributed by atoms with E-state index in [2.05, 4.69) is 4.74 Å². The van der Waals surface area contributed by atoms with E-state index in [-0.39, 0.29) is 12.5 Å². The van der Waals surface area contributed by atoms with Gasteiger partial charge in [-0.15, -0.1) is 0 Å². The molecule has 5 heteroatoms. The Morgan fingerprint density at radius 1 is 1.37 bits per heavy atom. The summed E-state index contributed by atoms with van der Waals surface area (Å²) < 4.78 is 10.1. The number of carbonyl (C=O) groups is 2. The van der Waals surface area contributed by atoms with Crippen LogP contribution in [0.4, 0.5) is 4.79 Å². The van der Waals surface area contributed by atoms with Gasteiger partial charge in [-0.05, 0) is 5.56 Å². The Labute approximate surface area is 111 Å². The SMILES string of the molecule is O=C(/C=C/COCc1ccccc1)N1CCOC1=O. The molecule has 0 N–H and O–H groups in total. The zero-order chi connectivity index (χ0) is 13.5. The van der Waals surface area contributed by atoms with E-state index >= 15 is 0 Å². The monoisotopic (exact) mass is 261 g/mol. The molecule has 0 unspecified atom stereocenters. The van der Waals surface area contributed by atoms with Crippen LogP contribution in [-0.4, -0.2) is 36.7 Å². The van der Waals surface area contributed by atoms with Crippen molar-refractivity contribution in [3.8, 4) is 0 Å². The zero-order valence-electron chi connectivity index (χ0n) is 10.5. The van der Waals surface area contributed by atoms with Crippen LogP contribution in [0.2, 0.25) is 0 Å². The average molecular weight is 261 g/mol. The highest BCUT2D eigenvalue weighted by molar-refractivity contribution is 5.99. The van der Waals surface area contributed by atoms with Crippen molar-refractivity contribution < 1.29 is 19.1 Å². The van der Waals surface area contributed by atoms with Gasteiger partial charge in [0.25, 0.3) is 5.91 Å². The number of hydrogen-bond acceptors (Lipinski definition) is 4. The Bertz CT molecular complexity index is 470. The molecule has 19 heavy (non-hydrogen) atoms. The minimum absolute atomic E-state index is 0.267. The normalized spacial score (nSPS) is 14.9. The molecule has 1 aliphatic rings. The van der Waals surface area contributed by atoms with Crippen molar-refractivity contribution in [1.29, 1.82) is 0 Å². The molecule has 1 aromatic rings. The van der Waals surface area contributed by atoms with Gasteiger partial charge in [-0.3, -0.25) is 4.79 Å². The van der Waals surface area contributed by atoms with E-state index in [0.717, 1.165) is 10.5 Å². The van der Waals surface area contributed by atoms with E-state index in [1.165, 1.54) is 6.08 Å². The molecule has 0 spiro atoms. The minimum Gasteiger partial charge on any atom is -0.447 e. The van der Waals surface area contributed by atoms with Gasteiger partial charge in [0.15, 0.2) is 0 Å². The van der Waals surface area contributed by atoms with Crippen LogP contribution in [0.5, 0.6) is 0 Å². The summed E-state index contributed by atoms with van der Waals surface area (Å²) >= 11 is 0. The summed E-state index contributed by atoms with van der Waals surface area (Å²) in [5.41, 5.74) is 1.07. The van der Waals surface area contributed by atoms with Crippen molar-refractivity contribution in [1.82, 2.24) is 4.90 Å². The summed E-state index contributed by atoms with van der Waals surface area (Å²) in [4.78, 5) is 23.7. The molecule has 0 radical (unpaired) electrons. The molecule has 0 atom stereocenters. The van der Waals surface area contributed by atoms with E-state index < -0.39 is 6.09 Å². The van der Waals surface area contributed by atoms with Crippen molar-refractivity contribution in [2.45, 2.75) is 6.61 Å². The Hall–Kier alpha value is -2.14. The maximum atomic E-state index is 11.6. The first-order chi connectivity index (χ1) is 9.27. The molecular formula is C14H15NO4. The number of imide groups is 1. The largest absolute Gasteiger partial charge is 0.447 e. The van der Waals surface area contributed by atoms with Gasteiger partial charge in [-0.2, -0.15) is 0 Å². The van der Waals surface area contributed by atoms with Crippen molar-refractivity contribution >= 4 is 12.0 Å². The van der Waals surface area contributed by atoms with Gasteiger partial charge in [-0.25, -0.2) is 9.69 Å². The fraction of sp³-hybridized carbons (Fsp3) is 0.286. The highest BCUT2D eigenvalue weighted by Crippen LogP contribution is 2.04. The van der Waals surface area contributed by atoms with Crippen LogP contribution in [0.25, 0.3) is 0 Å². The Balaban J connectivity index is 1.69. The lowest BCUT2D eigenvalue weighted by Crippen LogP contribution is -2.29. The van der Waals surface area contributed by atoms with Gasteiger partial charge in [0, 0.05) is 6.08 Å². The summed E-state index contributed by atoms with van der Waals surface area (Å²) in [6.07, 6.45) is 2.34. The summed E-state index contributed by atoms with van der Waals surface area (Å²) in [6, 6.07) is 9.76. The molecule has 0 aliphatic carbocycles. The summed E-state index contributed by atoms with van der Waals surface area (Å²) in [6.45, 7) is 1.39. The lowest BCUT2D eigenvalue weighted by Gasteiger charge is -2.06. The predicted molar refractivity (Wildman–Crippen MR) is 68.3 cm³/mol. The Morgan fingerprint density at radius 3 is 2.84 bits per heavy atom. The van der Waals surface area contributed by atoms with Crippen LogP contribution in [-0.2, 0) is 20.9 Å². The van der Waals surface area contributed by atoms with E-state index in [0.29, 0.717) is 19.8 Å². The first-order valence-corrected chi connectivity index (χ1v) is 6.04. The van der Waals surface area contributed by atoms with Crippen molar-refractivity contribution in [2.24, 2.45) is 0 Å². The molecule has 1 aliphatic heterocycles. The molecule has 5 nitrogen and oxygen atoms in total. The Morgan fingerprint density at radius 2 is 2.16 bits per heavy atom. The number of hydrogen-bond donors (Lipinski definition) is 0. The van der Waals surface area contributed by atoms with Crippen LogP contribution < -0.4 is 0 Å². The summed E-state index contributed by atoms with van der Waals surface area (Å²) in [5, 5.41) is 0. The van der Waals surface area contributed by atoms with Gasteiger partial charge in [-0.1, -0.05) is 36.4 Å². The van der Waals surface area contributed by atoms with E-state index in [1.807, 2.05) is 30.3 Å². The smallest absolute Gasteiger partial charge is 0.416 e. The second-order valence-electron chi connectivity index (χ2n) is 4.01. The maximum absolute atomic E-state index is 11.6. The first kappa shape index (κ1) is 13.3. The predicted octanol–water partition coefficient (Wildman–Crippen LogP) is 1.74. The first-order valence-electron chi connectivity index (χ1n) is 6.04. The second-order valence-corrected chi connectivity index (χ2v) is 4.01. The molecular weight excluding hydrogens is 246 g/mol. The third-order valence-electron chi connectivity index (χ3n) is 2.61. The van der Waals surface area contributed by atoms with E-state index in [9.17, 15) is 9.59 Å². The van der Waals surface area contributed by atoms with Crippen LogP contribution in [0.3, 0.4) is 0 Å². The Kier molecular flexibility index (Phi) is 4.69. The highest BCUT2D eigenvalue weighted by Gasteiger charge is 2.26. The number of cyclic esters (lactones) is 1. The minimum atomic E-state index is -0.583. The molecule has 0 bridgehead atoms. The summed E-state index contributed by atoms with van der Waals surface area (Å²) in [5.74, 6) is -0.370. The second kappa shape index (κ2) is 6.70. The third-order valence-corrected chi connectivity index (χ3v) is 2.61. The standard InChI is InChI=1S/C14H15NO4/c16-13(15-8-10-19-14(15)17)7-4-9-18-11-12-5-2-1-3-6-12/h1-7H,8-11H2/b7-4+. The lowest BCUT2D eigenvalue weighted by atomic mass is 10.2. The van der Waals surface area contributed by atoms with Gasteiger partial charge in [0.05, 0.1) is 19.8 Å². The molecule has 1 heterocycles. The molecule has 0 saturated carbocycles. The third kappa shape index (κ3) is 3.93. The fourth-order valence-corrected chi connectivity index (χ4v) is 1.65. The van der Waals surface area contributed by atoms with E-state index in [4.69, 9.17) is 4.74 Å². The van der Waals surface area contributed by atoms with Crippen LogP contribution in [0, 0.1) is 0 Å². The van der Waals surface area contributed by atoms with Gasteiger partial charge in [0.2, 0.25) is 0 Å². The van der Waals surface area contributed by atoms with Crippen LogP contribution in [0.15, 0.2) is 42.5 Å². The highest BCUT2D eigenvalue weighted by atomic mass is 16.6. The topological polar surface area (TPSA) is 55.8 Å². The number of amides is 2.